The first-order valence-corrected chi connectivity index (χ1v) is 10.4. The number of ether oxygens (including phenoxy) is 2. The van der Waals surface area contributed by atoms with Crippen LogP contribution in [0.5, 0.6) is 5.75 Å². The Bertz CT molecular complexity index is 1040. The monoisotopic (exact) mass is 419 g/mol. The van der Waals surface area contributed by atoms with Gasteiger partial charge in [-0.1, -0.05) is 30.4 Å². The van der Waals surface area contributed by atoms with Crippen molar-refractivity contribution in [2.75, 3.05) is 20.7 Å². The average molecular weight is 419 g/mol. The van der Waals surface area contributed by atoms with Crippen LogP contribution in [0.2, 0.25) is 0 Å². The molecule has 160 valence electrons. The van der Waals surface area contributed by atoms with Gasteiger partial charge in [0.25, 0.3) is 0 Å². The van der Waals surface area contributed by atoms with Crippen molar-refractivity contribution in [3.8, 4) is 5.75 Å². The molecule has 7 nitrogen and oxygen atoms in total. The highest BCUT2D eigenvalue weighted by atomic mass is 16.5. The van der Waals surface area contributed by atoms with Gasteiger partial charge >= 0.3 is 0 Å². The first kappa shape index (κ1) is 19.8. The minimum Gasteiger partial charge on any atom is -0.497 e. The third-order valence-electron chi connectivity index (χ3n) is 6.47. The number of nitrogens with zero attached hydrogens (tertiary/aromatic N) is 3. The van der Waals surface area contributed by atoms with E-state index in [1.807, 2.05) is 54.6 Å². The van der Waals surface area contributed by atoms with E-state index in [-0.39, 0.29) is 17.9 Å². The van der Waals surface area contributed by atoms with Gasteiger partial charge in [0, 0.05) is 19.8 Å². The topological polar surface area (TPSA) is 72.0 Å². The Kier molecular flexibility index (Phi) is 4.78. The molecule has 1 spiro atoms. The molecule has 1 aromatic heterocycles. The van der Waals surface area contributed by atoms with Crippen molar-refractivity contribution in [3.05, 3.63) is 72.1 Å². The molecule has 2 saturated heterocycles. The van der Waals surface area contributed by atoms with Crippen molar-refractivity contribution in [1.82, 2.24) is 14.8 Å². The van der Waals surface area contributed by atoms with Crippen molar-refractivity contribution >= 4 is 11.8 Å². The highest BCUT2D eigenvalue weighted by molar-refractivity contribution is 5.93. The van der Waals surface area contributed by atoms with Gasteiger partial charge in [-0.3, -0.25) is 14.6 Å². The number of likely N-dealkylation sites (tertiary alicyclic amines) is 1. The molecule has 1 aromatic carbocycles. The Morgan fingerprint density at radius 1 is 1.32 bits per heavy atom. The molecule has 0 N–H and O–H groups in total. The SMILES string of the molecule is COc1cccc(CN2C[C@]34C=C[C@H](O3)C(C(=O)N(C)Cc3ccccn3)C4C2=O)c1. The number of benzene rings is 1. The van der Waals surface area contributed by atoms with Gasteiger partial charge in [-0.25, -0.2) is 0 Å². The van der Waals surface area contributed by atoms with Gasteiger partial charge in [-0.15, -0.1) is 0 Å². The molecule has 3 aliphatic rings. The highest BCUT2D eigenvalue weighted by Crippen LogP contribution is 2.52. The van der Waals surface area contributed by atoms with Crippen molar-refractivity contribution < 1.29 is 19.1 Å². The second kappa shape index (κ2) is 7.50. The molecule has 2 amide bonds. The molecule has 0 radical (unpaired) electrons. The van der Waals surface area contributed by atoms with E-state index in [0.717, 1.165) is 17.0 Å². The third-order valence-corrected chi connectivity index (χ3v) is 6.47. The van der Waals surface area contributed by atoms with Crippen molar-refractivity contribution in [1.29, 1.82) is 0 Å². The van der Waals surface area contributed by atoms with Crippen molar-refractivity contribution in [3.63, 3.8) is 0 Å². The number of hydrogen-bond acceptors (Lipinski definition) is 5. The average Bonchev–Trinajstić information content (AvgIpc) is 3.42. The number of fused-ring (bicyclic) bond motifs is 1. The Balaban J connectivity index is 1.35. The lowest BCUT2D eigenvalue weighted by Crippen LogP contribution is -2.44. The van der Waals surface area contributed by atoms with E-state index < -0.39 is 17.4 Å². The molecule has 7 heteroatoms. The zero-order chi connectivity index (χ0) is 21.6. The molecule has 2 fully saturated rings. The largest absolute Gasteiger partial charge is 0.497 e. The van der Waals surface area contributed by atoms with Crippen LogP contribution in [-0.2, 0) is 27.4 Å². The summed E-state index contributed by atoms with van der Waals surface area (Å²) in [6.07, 6.45) is 5.28. The van der Waals surface area contributed by atoms with Crippen LogP contribution >= 0.6 is 0 Å². The predicted molar refractivity (Wildman–Crippen MR) is 113 cm³/mol. The van der Waals surface area contributed by atoms with Crippen LogP contribution in [0.1, 0.15) is 11.3 Å². The van der Waals surface area contributed by atoms with Crippen LogP contribution in [0.4, 0.5) is 0 Å². The fraction of sp³-hybridized carbons (Fsp3) is 0.375. The van der Waals surface area contributed by atoms with Crippen molar-refractivity contribution in [2.45, 2.75) is 24.8 Å². The van der Waals surface area contributed by atoms with E-state index >= 15 is 0 Å². The molecule has 0 saturated carbocycles. The second-order valence-electron chi connectivity index (χ2n) is 8.46. The van der Waals surface area contributed by atoms with Crippen LogP contribution < -0.4 is 4.74 Å². The molecular formula is C24H25N3O4. The maximum atomic E-state index is 13.4. The first-order chi connectivity index (χ1) is 15.0. The van der Waals surface area contributed by atoms with Crippen LogP contribution in [0, 0.1) is 11.8 Å². The lowest BCUT2D eigenvalue weighted by atomic mass is 9.76. The fourth-order valence-electron chi connectivity index (χ4n) is 5.05. The number of hydrogen-bond donors (Lipinski definition) is 0. The molecule has 2 unspecified atom stereocenters. The highest BCUT2D eigenvalue weighted by Gasteiger charge is 2.67. The van der Waals surface area contributed by atoms with Gasteiger partial charge in [-0.05, 0) is 29.8 Å². The van der Waals surface area contributed by atoms with E-state index in [2.05, 4.69) is 4.98 Å². The lowest BCUT2D eigenvalue weighted by molar-refractivity contribution is -0.142. The summed E-state index contributed by atoms with van der Waals surface area (Å²) in [5.41, 5.74) is 1.08. The Hall–Kier alpha value is -3.19. The number of methoxy groups -OCH3 is 1. The molecular weight excluding hydrogens is 394 g/mol. The molecule has 4 atom stereocenters. The number of carbonyl (C=O) groups is 2. The molecule has 3 aliphatic heterocycles. The van der Waals surface area contributed by atoms with Crippen LogP contribution in [0.15, 0.2) is 60.8 Å². The van der Waals surface area contributed by atoms with Gasteiger partial charge in [0.2, 0.25) is 11.8 Å². The Labute approximate surface area is 181 Å². The second-order valence-corrected chi connectivity index (χ2v) is 8.46. The maximum Gasteiger partial charge on any atom is 0.230 e. The number of rotatable bonds is 6. The van der Waals surface area contributed by atoms with Gasteiger partial charge in [-0.2, -0.15) is 0 Å². The summed E-state index contributed by atoms with van der Waals surface area (Å²) in [6.45, 7) is 1.31. The Morgan fingerprint density at radius 3 is 2.97 bits per heavy atom. The van der Waals surface area contributed by atoms with E-state index in [4.69, 9.17) is 9.47 Å². The van der Waals surface area contributed by atoms with Crippen LogP contribution in [0.25, 0.3) is 0 Å². The predicted octanol–water partition coefficient (Wildman–Crippen LogP) is 2.03. The molecule has 4 heterocycles. The molecule has 31 heavy (non-hydrogen) atoms. The maximum absolute atomic E-state index is 13.4. The lowest BCUT2D eigenvalue weighted by Gasteiger charge is -2.27. The summed E-state index contributed by atoms with van der Waals surface area (Å²) in [5.74, 6) is -0.361. The summed E-state index contributed by atoms with van der Waals surface area (Å²) in [4.78, 5) is 34.5. The first-order valence-electron chi connectivity index (χ1n) is 10.4. The van der Waals surface area contributed by atoms with Crippen LogP contribution in [-0.4, -0.2) is 59.0 Å². The molecule has 5 rings (SSSR count). The minimum absolute atomic E-state index is 0.0285. The minimum atomic E-state index is -0.715. The zero-order valence-corrected chi connectivity index (χ0v) is 17.6. The standard InChI is InChI=1S/C24H25N3O4/c1-26(14-17-7-3-4-11-25-17)22(28)20-19-9-10-24(31-19)15-27(23(29)21(20)24)13-16-6-5-8-18(12-16)30-2/h3-12,19-21H,13-15H2,1-2H3/t19-,20?,21?,24-/m0/s1. The third kappa shape index (κ3) is 3.29. The Morgan fingerprint density at radius 2 is 2.19 bits per heavy atom. The summed E-state index contributed by atoms with van der Waals surface area (Å²) in [5, 5.41) is 0. The number of pyridine rings is 1. The fourth-order valence-corrected chi connectivity index (χ4v) is 5.05. The number of carbonyl (C=O) groups excluding carboxylic acids is 2. The summed E-state index contributed by atoms with van der Waals surface area (Å²) >= 11 is 0. The van der Waals surface area contributed by atoms with Gasteiger partial charge in [0.05, 0.1) is 43.8 Å². The van der Waals surface area contributed by atoms with Crippen molar-refractivity contribution in [2.24, 2.45) is 11.8 Å². The van der Waals surface area contributed by atoms with Gasteiger partial charge < -0.3 is 19.3 Å². The van der Waals surface area contributed by atoms with Gasteiger partial charge in [0.15, 0.2) is 0 Å². The number of amides is 2. The summed E-state index contributed by atoms with van der Waals surface area (Å²) in [6, 6.07) is 13.3. The smallest absolute Gasteiger partial charge is 0.230 e. The van der Waals surface area contributed by atoms with Crippen LogP contribution in [0.3, 0.4) is 0 Å². The summed E-state index contributed by atoms with van der Waals surface area (Å²) in [7, 11) is 3.38. The molecule has 2 bridgehead atoms. The molecule has 2 aromatic rings. The zero-order valence-electron chi connectivity index (χ0n) is 17.6. The van der Waals surface area contributed by atoms with E-state index in [0.29, 0.717) is 19.6 Å². The van der Waals surface area contributed by atoms with E-state index in [1.54, 1.807) is 30.2 Å². The van der Waals surface area contributed by atoms with E-state index in [1.165, 1.54) is 0 Å². The normalized spacial score (nSPS) is 28.1. The molecule has 0 aliphatic carbocycles. The van der Waals surface area contributed by atoms with Gasteiger partial charge in [0.1, 0.15) is 11.4 Å². The van der Waals surface area contributed by atoms with E-state index in [9.17, 15) is 9.59 Å². The summed E-state index contributed by atoms with van der Waals surface area (Å²) < 4.78 is 11.5. The number of aromatic nitrogens is 1. The quantitative estimate of drug-likeness (QED) is 0.670.